The molecule has 2 rings (SSSR count). The molecule has 29 heavy (non-hydrogen) atoms. The van der Waals surface area contributed by atoms with Crippen LogP contribution in [0.3, 0.4) is 0 Å². The van der Waals surface area contributed by atoms with E-state index in [-0.39, 0.29) is 23.0 Å². The average Bonchev–Trinajstić information content (AvgIpc) is 3.05. The van der Waals surface area contributed by atoms with Crippen LogP contribution in [0.25, 0.3) is 0 Å². The molecule has 1 aromatic heterocycles. The first kappa shape index (κ1) is 23.0. The van der Waals surface area contributed by atoms with E-state index in [1.807, 2.05) is 6.07 Å². The molecule has 0 fully saturated rings. The van der Waals surface area contributed by atoms with E-state index < -0.39 is 10.1 Å². The first-order valence-electron chi connectivity index (χ1n) is 9.70. The molecule has 6 nitrogen and oxygen atoms in total. The van der Waals surface area contributed by atoms with Crippen LogP contribution in [-0.2, 0) is 28.0 Å². The van der Waals surface area contributed by atoms with Crippen LogP contribution in [0.1, 0.15) is 51.9 Å². The zero-order valence-electron chi connectivity index (χ0n) is 17.8. The van der Waals surface area contributed by atoms with Crippen molar-refractivity contribution in [3.05, 3.63) is 54.0 Å². The number of rotatable bonds is 9. The van der Waals surface area contributed by atoms with Crippen LogP contribution in [0.15, 0.2) is 47.1 Å². The Hall–Kier alpha value is -2.28. The number of nitrogens with zero attached hydrogens (tertiary/aromatic N) is 1. The fraction of sp³-hybridized carbons (Fsp3) is 0.500. The molecule has 0 radical (unpaired) electrons. The minimum absolute atomic E-state index is 0.0645. The van der Waals surface area contributed by atoms with E-state index in [1.54, 1.807) is 41.5 Å². The van der Waals surface area contributed by atoms with Crippen LogP contribution in [-0.4, -0.2) is 25.5 Å². The van der Waals surface area contributed by atoms with Crippen LogP contribution in [0.2, 0.25) is 0 Å². The third-order valence-electron chi connectivity index (χ3n) is 4.31. The Kier molecular flexibility index (Phi) is 7.52. The molecule has 7 heteroatoms. The Labute approximate surface area is 174 Å². The maximum absolute atomic E-state index is 13.0. The largest absolute Gasteiger partial charge is 0.467 e. The summed E-state index contributed by atoms with van der Waals surface area (Å²) < 4.78 is 32.8. The predicted octanol–water partition coefficient (Wildman–Crippen LogP) is 4.61. The Morgan fingerprint density at radius 2 is 1.79 bits per heavy atom. The van der Waals surface area contributed by atoms with Crippen molar-refractivity contribution in [2.24, 2.45) is 11.3 Å². The summed E-state index contributed by atoms with van der Waals surface area (Å²) in [6, 6.07) is 10.4. The molecule has 0 aliphatic rings. The van der Waals surface area contributed by atoms with Crippen molar-refractivity contribution in [3.63, 3.8) is 0 Å². The summed E-state index contributed by atoms with van der Waals surface area (Å²) in [6.45, 7) is 9.42. The highest BCUT2D eigenvalue weighted by Gasteiger charge is 2.22. The molecule has 0 saturated carbocycles. The average molecular weight is 422 g/mol. The molecule has 1 aromatic carbocycles. The van der Waals surface area contributed by atoms with Gasteiger partial charge in [-0.25, -0.2) is 0 Å². The fourth-order valence-corrected chi connectivity index (χ4v) is 3.87. The smallest absolute Gasteiger partial charge is 0.306 e. The van der Waals surface area contributed by atoms with E-state index in [0.29, 0.717) is 19.5 Å². The monoisotopic (exact) mass is 421 g/mol. The first-order valence-corrected chi connectivity index (χ1v) is 11.5. The van der Waals surface area contributed by atoms with Gasteiger partial charge in [0.05, 0.1) is 19.1 Å². The second-order valence-corrected chi connectivity index (χ2v) is 10.4. The topological polar surface area (TPSA) is 76.8 Å². The maximum Gasteiger partial charge on any atom is 0.306 e. The van der Waals surface area contributed by atoms with Gasteiger partial charge >= 0.3 is 10.1 Å². The van der Waals surface area contributed by atoms with Crippen LogP contribution in [0.5, 0.6) is 5.75 Å². The van der Waals surface area contributed by atoms with Gasteiger partial charge in [0.1, 0.15) is 11.5 Å². The van der Waals surface area contributed by atoms with Crippen molar-refractivity contribution >= 4 is 16.0 Å². The summed E-state index contributed by atoms with van der Waals surface area (Å²) >= 11 is 0. The second kappa shape index (κ2) is 9.48. The quantitative estimate of drug-likeness (QED) is 0.553. The summed E-state index contributed by atoms with van der Waals surface area (Å²) in [4.78, 5) is 14.8. The van der Waals surface area contributed by atoms with Gasteiger partial charge in [-0.1, -0.05) is 39.8 Å². The Balaban J connectivity index is 2.10. The molecule has 1 atom stereocenters. The van der Waals surface area contributed by atoms with Gasteiger partial charge in [0.2, 0.25) is 5.91 Å². The summed E-state index contributed by atoms with van der Waals surface area (Å²) in [6.07, 6.45) is 4.03. The molecule has 0 saturated heterocycles. The lowest BCUT2D eigenvalue weighted by atomic mass is 9.84. The minimum atomic E-state index is -3.57. The number of amides is 1. The number of carbonyl (C=O) groups is 1. The molecule has 1 amide bonds. The molecule has 0 spiro atoms. The molecule has 1 heterocycles. The fourth-order valence-electron chi connectivity index (χ4n) is 3.41. The minimum Gasteiger partial charge on any atom is -0.467 e. The first-order chi connectivity index (χ1) is 13.4. The van der Waals surface area contributed by atoms with Crippen molar-refractivity contribution < 1.29 is 21.8 Å². The lowest BCUT2D eigenvalue weighted by Gasteiger charge is -2.27. The van der Waals surface area contributed by atoms with Gasteiger partial charge in [-0.05, 0) is 47.6 Å². The highest BCUT2D eigenvalue weighted by molar-refractivity contribution is 7.86. The molecule has 0 unspecified atom stereocenters. The molecule has 2 aromatic rings. The Morgan fingerprint density at radius 3 is 2.31 bits per heavy atom. The molecule has 160 valence electrons. The molecule has 0 bridgehead atoms. The number of furan rings is 1. The summed E-state index contributed by atoms with van der Waals surface area (Å²) in [5, 5.41) is 0. The SMILES string of the molecule is C[C@@H](CC(=O)N(Cc1ccc(OS(C)(=O)=O)cc1)Cc1ccco1)CC(C)(C)C. The second-order valence-electron chi connectivity index (χ2n) is 8.83. The normalized spacial score (nSPS) is 13.1. The highest BCUT2D eigenvalue weighted by Crippen LogP contribution is 2.27. The zero-order chi connectivity index (χ0) is 21.7. The van der Waals surface area contributed by atoms with E-state index in [9.17, 15) is 13.2 Å². The number of benzene rings is 1. The lowest BCUT2D eigenvalue weighted by Crippen LogP contribution is -2.31. The van der Waals surface area contributed by atoms with Crippen molar-refractivity contribution in [1.82, 2.24) is 4.90 Å². The summed E-state index contributed by atoms with van der Waals surface area (Å²) in [5.41, 5.74) is 1.05. The number of hydrogen-bond acceptors (Lipinski definition) is 5. The standard InChI is InChI=1S/C22H31NO5S/c1-17(14-22(2,3)4)13-21(24)23(16-20-7-6-12-27-20)15-18-8-10-19(11-9-18)28-29(5,25)26/h6-12,17H,13-16H2,1-5H3/t17-/m0/s1. The van der Waals surface area contributed by atoms with E-state index in [0.717, 1.165) is 24.0 Å². The number of carbonyl (C=O) groups excluding carboxylic acids is 1. The van der Waals surface area contributed by atoms with Gasteiger partial charge in [0.15, 0.2) is 0 Å². The van der Waals surface area contributed by atoms with Gasteiger partial charge in [-0.15, -0.1) is 0 Å². The van der Waals surface area contributed by atoms with Crippen LogP contribution in [0.4, 0.5) is 0 Å². The Bertz CT molecular complexity index is 880. The lowest BCUT2D eigenvalue weighted by molar-refractivity contribution is -0.133. The van der Waals surface area contributed by atoms with Gasteiger partial charge in [-0.2, -0.15) is 8.42 Å². The molecule has 0 aliphatic heterocycles. The van der Waals surface area contributed by atoms with Gasteiger partial charge in [0.25, 0.3) is 0 Å². The van der Waals surface area contributed by atoms with E-state index in [1.165, 1.54) is 0 Å². The number of hydrogen-bond donors (Lipinski definition) is 0. The van der Waals surface area contributed by atoms with E-state index >= 15 is 0 Å². The zero-order valence-corrected chi connectivity index (χ0v) is 18.7. The maximum atomic E-state index is 13.0. The van der Waals surface area contributed by atoms with Gasteiger partial charge in [0, 0.05) is 13.0 Å². The van der Waals surface area contributed by atoms with Crippen LogP contribution in [0, 0.1) is 11.3 Å². The van der Waals surface area contributed by atoms with Crippen molar-refractivity contribution in [3.8, 4) is 5.75 Å². The van der Waals surface area contributed by atoms with Crippen LogP contribution >= 0.6 is 0 Å². The highest BCUT2D eigenvalue weighted by atomic mass is 32.2. The third kappa shape index (κ3) is 8.73. The van der Waals surface area contributed by atoms with Crippen molar-refractivity contribution in [2.45, 2.75) is 53.6 Å². The molecular formula is C22H31NO5S. The van der Waals surface area contributed by atoms with Crippen molar-refractivity contribution in [2.75, 3.05) is 6.26 Å². The van der Waals surface area contributed by atoms with Crippen molar-refractivity contribution in [1.29, 1.82) is 0 Å². The van der Waals surface area contributed by atoms with E-state index in [4.69, 9.17) is 8.60 Å². The molecule has 0 N–H and O–H groups in total. The van der Waals surface area contributed by atoms with E-state index in [2.05, 4.69) is 27.7 Å². The molecule has 0 aliphatic carbocycles. The van der Waals surface area contributed by atoms with Crippen LogP contribution < -0.4 is 4.18 Å². The third-order valence-corrected chi connectivity index (χ3v) is 4.80. The Morgan fingerprint density at radius 1 is 1.14 bits per heavy atom. The van der Waals surface area contributed by atoms with Gasteiger partial charge in [-0.3, -0.25) is 4.79 Å². The predicted molar refractivity (Wildman–Crippen MR) is 113 cm³/mol. The van der Waals surface area contributed by atoms with Gasteiger partial charge < -0.3 is 13.5 Å². The summed E-state index contributed by atoms with van der Waals surface area (Å²) in [5.74, 6) is 1.31. The summed E-state index contributed by atoms with van der Waals surface area (Å²) in [7, 11) is -3.57. The molecular weight excluding hydrogens is 390 g/mol.